The molecule has 1 N–H and O–H groups in total. The van der Waals surface area contributed by atoms with Crippen molar-refractivity contribution in [2.75, 3.05) is 18.4 Å². The number of thiazole rings is 1. The Morgan fingerprint density at radius 2 is 1.86 bits per heavy atom. The van der Waals surface area contributed by atoms with E-state index in [1.54, 1.807) is 21.7 Å². The van der Waals surface area contributed by atoms with Gasteiger partial charge in [0.15, 0.2) is 5.13 Å². The molecule has 4 rings (SSSR count). The van der Waals surface area contributed by atoms with E-state index in [-0.39, 0.29) is 23.6 Å². The number of non-ortho nitro benzene ring substituents is 1. The zero-order chi connectivity index (χ0) is 26.0. The van der Waals surface area contributed by atoms with Crippen molar-refractivity contribution >= 4 is 34.2 Å². The van der Waals surface area contributed by atoms with Crippen molar-refractivity contribution < 1.29 is 19.2 Å². The lowest BCUT2D eigenvalue weighted by Gasteiger charge is -2.34. The second kappa shape index (κ2) is 10.1. The number of hydrogen-bond acceptors (Lipinski definition) is 8. The summed E-state index contributed by atoms with van der Waals surface area (Å²) in [7, 11) is 0. The molecule has 0 saturated carbocycles. The van der Waals surface area contributed by atoms with E-state index in [9.17, 15) is 19.7 Å². The number of nitro benzene ring substituents is 1. The number of anilines is 1. The van der Waals surface area contributed by atoms with Crippen LogP contribution < -0.4 is 5.32 Å². The molecule has 1 aromatic carbocycles. The first-order valence-corrected chi connectivity index (χ1v) is 12.4. The molecule has 0 radical (unpaired) electrons. The summed E-state index contributed by atoms with van der Waals surface area (Å²) < 4.78 is 7.15. The zero-order valence-electron chi connectivity index (χ0n) is 20.6. The summed E-state index contributed by atoms with van der Waals surface area (Å²) in [5.41, 5.74) is 1.90. The summed E-state index contributed by atoms with van der Waals surface area (Å²) in [5.74, 6) is -0.401. The monoisotopic (exact) mass is 512 g/mol. The number of carbonyl (C=O) groups is 2. The molecule has 0 atom stereocenters. The topological polar surface area (TPSA) is 132 Å². The Bertz CT molecular complexity index is 1270. The van der Waals surface area contributed by atoms with Crippen molar-refractivity contribution in [3.63, 3.8) is 0 Å². The van der Waals surface area contributed by atoms with E-state index in [0.717, 1.165) is 5.69 Å². The van der Waals surface area contributed by atoms with Crippen LogP contribution in [0, 0.1) is 17.0 Å². The number of aromatic nitrogens is 3. The predicted octanol–water partition coefficient (Wildman–Crippen LogP) is 4.91. The van der Waals surface area contributed by atoms with Crippen molar-refractivity contribution in [1.29, 1.82) is 0 Å². The Morgan fingerprint density at radius 3 is 2.42 bits per heavy atom. The number of amides is 2. The number of nitro groups is 1. The standard InChI is InChI=1S/C24H28N6O5S/c1-15-14-36-22(26-15)27-21(31)19-13-25-29(17-5-7-18(8-6-17)30(33)34)20(19)16-9-11-28(12-10-16)23(32)35-24(2,3)4/h5-8,13-14,16H,9-12H2,1-4H3,(H,26,27,31). The first kappa shape index (κ1) is 25.3. The highest BCUT2D eigenvalue weighted by atomic mass is 32.1. The summed E-state index contributed by atoms with van der Waals surface area (Å²) >= 11 is 1.34. The second-order valence-electron chi connectivity index (χ2n) is 9.62. The molecule has 11 nitrogen and oxygen atoms in total. The average molecular weight is 513 g/mol. The van der Waals surface area contributed by atoms with Crippen molar-refractivity contribution in [2.45, 2.75) is 52.1 Å². The first-order chi connectivity index (χ1) is 17.0. The van der Waals surface area contributed by atoms with Gasteiger partial charge in [-0.1, -0.05) is 0 Å². The third-order valence-electron chi connectivity index (χ3n) is 5.73. The Morgan fingerprint density at radius 1 is 1.19 bits per heavy atom. The van der Waals surface area contributed by atoms with Crippen LogP contribution in [-0.4, -0.2) is 55.3 Å². The van der Waals surface area contributed by atoms with E-state index in [4.69, 9.17) is 4.74 Å². The maximum Gasteiger partial charge on any atom is 0.410 e. The number of carbonyl (C=O) groups excluding carboxylic acids is 2. The summed E-state index contributed by atoms with van der Waals surface area (Å²) in [5, 5.41) is 20.7. The molecule has 2 aromatic heterocycles. The van der Waals surface area contributed by atoms with Crippen LogP contribution in [0.15, 0.2) is 35.8 Å². The predicted molar refractivity (Wildman–Crippen MR) is 135 cm³/mol. The third-order valence-corrected chi connectivity index (χ3v) is 6.60. The van der Waals surface area contributed by atoms with E-state index in [0.29, 0.717) is 48.0 Å². The Hall–Kier alpha value is -3.80. The van der Waals surface area contributed by atoms with Crippen LogP contribution in [0.2, 0.25) is 0 Å². The van der Waals surface area contributed by atoms with Gasteiger partial charge in [-0.25, -0.2) is 14.5 Å². The van der Waals surface area contributed by atoms with Crippen molar-refractivity contribution in [1.82, 2.24) is 19.7 Å². The number of rotatable bonds is 5. The smallest absolute Gasteiger partial charge is 0.410 e. The van der Waals surface area contributed by atoms with Gasteiger partial charge in [0.25, 0.3) is 11.6 Å². The van der Waals surface area contributed by atoms with Gasteiger partial charge in [0.1, 0.15) is 5.60 Å². The molecule has 3 heterocycles. The van der Waals surface area contributed by atoms with Gasteiger partial charge < -0.3 is 9.64 Å². The Kier molecular flexibility index (Phi) is 7.07. The summed E-state index contributed by atoms with van der Waals surface area (Å²) in [6, 6.07) is 6.03. The molecule has 3 aromatic rings. The van der Waals surface area contributed by atoms with E-state index in [2.05, 4.69) is 15.4 Å². The number of benzene rings is 1. The molecule has 1 fully saturated rings. The maximum atomic E-state index is 13.2. The van der Waals surface area contributed by atoms with E-state index in [1.807, 2.05) is 33.1 Å². The van der Waals surface area contributed by atoms with E-state index < -0.39 is 10.5 Å². The molecule has 1 saturated heterocycles. The van der Waals surface area contributed by atoms with Gasteiger partial charge in [0.05, 0.1) is 33.8 Å². The van der Waals surface area contributed by atoms with Gasteiger partial charge in [-0.15, -0.1) is 11.3 Å². The van der Waals surface area contributed by atoms with Crippen molar-refractivity contribution in [3.8, 4) is 5.69 Å². The molecule has 1 aliphatic rings. The van der Waals surface area contributed by atoms with Crippen LogP contribution >= 0.6 is 11.3 Å². The van der Waals surface area contributed by atoms with Crippen molar-refractivity contribution in [2.24, 2.45) is 0 Å². The van der Waals surface area contributed by atoms with Gasteiger partial charge in [-0.05, 0) is 52.7 Å². The van der Waals surface area contributed by atoms with E-state index >= 15 is 0 Å². The molecule has 12 heteroatoms. The molecule has 2 amide bonds. The fraction of sp³-hybridized carbons (Fsp3) is 0.417. The molecule has 0 spiro atoms. The minimum atomic E-state index is -0.581. The van der Waals surface area contributed by atoms with E-state index in [1.165, 1.54) is 29.7 Å². The molecule has 0 aliphatic carbocycles. The molecule has 190 valence electrons. The lowest BCUT2D eigenvalue weighted by molar-refractivity contribution is -0.384. The molecule has 0 bridgehead atoms. The summed E-state index contributed by atoms with van der Waals surface area (Å²) in [6.07, 6.45) is 2.36. The minimum Gasteiger partial charge on any atom is -0.444 e. The number of nitrogens with one attached hydrogen (secondary N) is 1. The number of ether oxygens (including phenoxy) is 1. The SMILES string of the molecule is Cc1csc(NC(=O)c2cnn(-c3ccc([N+](=O)[O-])cc3)c2C2CCN(C(=O)OC(C)(C)C)CC2)n1. The molecular formula is C24H28N6O5S. The molecule has 0 unspecified atom stereocenters. The largest absolute Gasteiger partial charge is 0.444 e. The lowest BCUT2D eigenvalue weighted by atomic mass is 9.91. The first-order valence-electron chi connectivity index (χ1n) is 11.6. The number of likely N-dealkylation sites (tertiary alicyclic amines) is 1. The highest BCUT2D eigenvalue weighted by Gasteiger charge is 2.32. The maximum absolute atomic E-state index is 13.2. The number of aryl methyl sites for hydroxylation is 1. The lowest BCUT2D eigenvalue weighted by Crippen LogP contribution is -2.41. The van der Waals surface area contributed by atoms with Crippen LogP contribution in [-0.2, 0) is 4.74 Å². The van der Waals surface area contributed by atoms with Gasteiger partial charge in [-0.2, -0.15) is 5.10 Å². The van der Waals surface area contributed by atoms with Crippen LogP contribution in [0.3, 0.4) is 0 Å². The number of hydrogen-bond donors (Lipinski definition) is 1. The van der Waals surface area contributed by atoms with Gasteiger partial charge >= 0.3 is 6.09 Å². The highest BCUT2D eigenvalue weighted by Crippen LogP contribution is 2.33. The van der Waals surface area contributed by atoms with Gasteiger partial charge in [0, 0.05) is 36.5 Å². The van der Waals surface area contributed by atoms with Gasteiger partial charge in [0.2, 0.25) is 0 Å². The van der Waals surface area contributed by atoms with Crippen LogP contribution in [0.5, 0.6) is 0 Å². The van der Waals surface area contributed by atoms with Crippen LogP contribution in [0.4, 0.5) is 15.6 Å². The summed E-state index contributed by atoms with van der Waals surface area (Å²) in [6.45, 7) is 8.28. The Labute approximate surface area is 212 Å². The van der Waals surface area contributed by atoms with Gasteiger partial charge in [-0.3, -0.25) is 20.2 Å². The molecular weight excluding hydrogens is 484 g/mol. The minimum absolute atomic E-state index is 0.0322. The fourth-order valence-corrected chi connectivity index (χ4v) is 4.77. The zero-order valence-corrected chi connectivity index (χ0v) is 21.4. The van der Waals surface area contributed by atoms with Crippen LogP contribution in [0.1, 0.15) is 61.3 Å². The fourth-order valence-electron chi connectivity index (χ4n) is 4.08. The third kappa shape index (κ3) is 5.70. The number of nitrogens with zero attached hydrogens (tertiary/aromatic N) is 5. The van der Waals surface area contributed by atoms with Crippen molar-refractivity contribution in [3.05, 3.63) is 62.9 Å². The summed E-state index contributed by atoms with van der Waals surface area (Å²) in [4.78, 5) is 42.4. The normalized spacial score (nSPS) is 14.5. The Balaban J connectivity index is 1.62. The average Bonchev–Trinajstić information content (AvgIpc) is 3.44. The quantitative estimate of drug-likeness (QED) is 0.379. The molecule has 1 aliphatic heterocycles. The molecule has 36 heavy (non-hydrogen) atoms. The second-order valence-corrected chi connectivity index (χ2v) is 10.5. The highest BCUT2D eigenvalue weighted by molar-refractivity contribution is 7.13. The van der Waals surface area contributed by atoms with Crippen LogP contribution in [0.25, 0.3) is 5.69 Å². The number of piperidine rings is 1.